The lowest BCUT2D eigenvalue weighted by Gasteiger charge is -1.94. The van der Waals surface area contributed by atoms with E-state index in [9.17, 15) is 0 Å². The van der Waals surface area contributed by atoms with Gasteiger partial charge in [-0.1, -0.05) is 0 Å². The van der Waals surface area contributed by atoms with Gasteiger partial charge in [-0.25, -0.2) is 9.13 Å². The molecule has 1 rings (SSSR count). The molecule has 0 spiro atoms. The van der Waals surface area contributed by atoms with Crippen LogP contribution in [0.3, 0.4) is 0 Å². The molecule has 14 heavy (non-hydrogen) atoms. The molecule has 0 saturated heterocycles. The van der Waals surface area contributed by atoms with Gasteiger partial charge in [0.05, 0.1) is 13.1 Å². The summed E-state index contributed by atoms with van der Waals surface area (Å²) in [4.78, 5) is 0. The maximum atomic E-state index is 8.66. The van der Waals surface area contributed by atoms with Gasteiger partial charge >= 0.3 is 0 Å². The van der Waals surface area contributed by atoms with Crippen molar-refractivity contribution in [3.05, 3.63) is 18.7 Å². The third-order valence-corrected chi connectivity index (χ3v) is 2.15. The number of aliphatic hydroxyl groups excluding tert-OH is 2. The average molecular weight is 199 g/mol. The number of aliphatic hydroxyl groups is 2. The first kappa shape index (κ1) is 11.2. The smallest absolute Gasteiger partial charge is 0.243 e. The molecule has 0 fully saturated rings. The summed E-state index contributed by atoms with van der Waals surface area (Å²) in [6.45, 7) is 2.32. The van der Waals surface area contributed by atoms with Gasteiger partial charge in [-0.15, -0.1) is 0 Å². The Morgan fingerprint density at radius 1 is 1.07 bits per heavy atom. The summed E-state index contributed by atoms with van der Waals surface area (Å²) >= 11 is 0. The minimum absolute atomic E-state index is 0.239. The van der Waals surface area contributed by atoms with Crippen LogP contribution in [0.4, 0.5) is 0 Å². The molecule has 2 N–H and O–H groups in total. The summed E-state index contributed by atoms with van der Waals surface area (Å²) < 4.78 is 4.17. The van der Waals surface area contributed by atoms with Crippen LogP contribution in [0.5, 0.6) is 0 Å². The Morgan fingerprint density at radius 2 is 1.86 bits per heavy atom. The van der Waals surface area contributed by atoms with Crippen LogP contribution in [0.1, 0.15) is 19.3 Å². The van der Waals surface area contributed by atoms with Crippen molar-refractivity contribution in [2.24, 2.45) is 0 Å². The second kappa shape index (κ2) is 6.56. The van der Waals surface area contributed by atoms with E-state index in [2.05, 4.69) is 9.13 Å². The van der Waals surface area contributed by atoms with E-state index < -0.39 is 0 Å². The Morgan fingerprint density at radius 3 is 2.57 bits per heavy atom. The topological polar surface area (TPSA) is 49.3 Å². The van der Waals surface area contributed by atoms with Crippen molar-refractivity contribution in [1.29, 1.82) is 0 Å². The van der Waals surface area contributed by atoms with Crippen LogP contribution in [-0.4, -0.2) is 28.0 Å². The lowest BCUT2D eigenvalue weighted by atomic mass is 10.3. The molecular formula is C10H19N2O2+. The van der Waals surface area contributed by atoms with E-state index >= 15 is 0 Å². The van der Waals surface area contributed by atoms with Gasteiger partial charge in [-0.2, -0.15) is 0 Å². The molecule has 4 nitrogen and oxygen atoms in total. The molecule has 80 valence electrons. The van der Waals surface area contributed by atoms with Crippen LogP contribution in [0.2, 0.25) is 0 Å². The van der Waals surface area contributed by atoms with Gasteiger partial charge in [0.2, 0.25) is 6.33 Å². The Balaban J connectivity index is 2.27. The first-order valence-electron chi connectivity index (χ1n) is 5.13. The zero-order valence-electron chi connectivity index (χ0n) is 8.47. The maximum Gasteiger partial charge on any atom is 0.243 e. The second-order valence-electron chi connectivity index (χ2n) is 3.40. The molecule has 0 aromatic carbocycles. The molecule has 0 unspecified atom stereocenters. The number of unbranched alkanes of at least 4 members (excludes halogenated alkanes) is 1. The van der Waals surface area contributed by atoms with E-state index in [1.54, 1.807) is 0 Å². The summed E-state index contributed by atoms with van der Waals surface area (Å²) in [7, 11) is 0. The monoisotopic (exact) mass is 199 g/mol. The van der Waals surface area contributed by atoms with Gasteiger partial charge in [-0.05, 0) is 12.8 Å². The number of aryl methyl sites for hydroxylation is 2. The second-order valence-corrected chi connectivity index (χ2v) is 3.40. The molecule has 0 aliphatic carbocycles. The number of hydrogen-bond donors (Lipinski definition) is 2. The standard InChI is InChI=1S/C10H19N2O2/c13-8-2-1-4-11-6-7-12(10-11)5-3-9-14/h6-7,10,13-14H,1-5,8-9H2/q+1. The molecule has 0 saturated carbocycles. The molecule has 1 aromatic heterocycles. The first-order chi connectivity index (χ1) is 6.86. The molecule has 0 radical (unpaired) electrons. The summed E-state index contributed by atoms with van der Waals surface area (Å²) in [6.07, 6.45) is 8.72. The van der Waals surface area contributed by atoms with E-state index in [1.165, 1.54) is 0 Å². The minimum Gasteiger partial charge on any atom is -0.396 e. The minimum atomic E-state index is 0.239. The Bertz CT molecular complexity index is 248. The highest BCUT2D eigenvalue weighted by atomic mass is 16.3. The van der Waals surface area contributed by atoms with Crippen molar-refractivity contribution >= 4 is 0 Å². The fraction of sp³-hybridized carbons (Fsp3) is 0.700. The fourth-order valence-corrected chi connectivity index (χ4v) is 1.36. The van der Waals surface area contributed by atoms with E-state index in [0.717, 1.165) is 32.4 Å². The van der Waals surface area contributed by atoms with Crippen LogP contribution < -0.4 is 4.57 Å². The Kier molecular flexibility index (Phi) is 5.25. The normalized spacial score (nSPS) is 10.7. The zero-order chi connectivity index (χ0) is 10.2. The highest BCUT2D eigenvalue weighted by molar-refractivity contribution is 4.65. The molecular weight excluding hydrogens is 180 g/mol. The van der Waals surface area contributed by atoms with Gasteiger partial charge in [0.15, 0.2) is 0 Å². The average Bonchev–Trinajstić information content (AvgIpc) is 2.63. The zero-order valence-corrected chi connectivity index (χ0v) is 8.47. The number of aromatic nitrogens is 2. The molecule has 4 heteroatoms. The van der Waals surface area contributed by atoms with Crippen LogP contribution in [0.25, 0.3) is 0 Å². The quantitative estimate of drug-likeness (QED) is 0.477. The van der Waals surface area contributed by atoms with Crippen LogP contribution >= 0.6 is 0 Å². The van der Waals surface area contributed by atoms with Crippen molar-refractivity contribution in [3.63, 3.8) is 0 Å². The highest BCUT2D eigenvalue weighted by Gasteiger charge is 2.02. The molecule has 0 aliphatic rings. The number of imidazole rings is 1. The molecule has 0 aliphatic heterocycles. The van der Waals surface area contributed by atoms with Crippen molar-refractivity contribution in [2.75, 3.05) is 13.2 Å². The number of rotatable bonds is 7. The van der Waals surface area contributed by atoms with Crippen LogP contribution in [0.15, 0.2) is 18.7 Å². The van der Waals surface area contributed by atoms with E-state index in [1.807, 2.05) is 18.7 Å². The molecule has 1 heterocycles. The Labute approximate surface area is 84.4 Å². The summed E-state index contributed by atoms with van der Waals surface area (Å²) in [5.74, 6) is 0. The Hall–Kier alpha value is -0.870. The largest absolute Gasteiger partial charge is 0.396 e. The fourth-order valence-electron chi connectivity index (χ4n) is 1.36. The van der Waals surface area contributed by atoms with Crippen molar-refractivity contribution in [1.82, 2.24) is 4.57 Å². The molecule has 0 bridgehead atoms. The third kappa shape index (κ3) is 3.89. The number of hydrogen-bond acceptors (Lipinski definition) is 2. The molecule has 0 amide bonds. The van der Waals surface area contributed by atoms with Crippen molar-refractivity contribution in [2.45, 2.75) is 32.4 Å². The van der Waals surface area contributed by atoms with Crippen molar-refractivity contribution < 1.29 is 14.8 Å². The van der Waals surface area contributed by atoms with Gasteiger partial charge in [0, 0.05) is 19.6 Å². The summed E-state index contributed by atoms with van der Waals surface area (Å²) in [6, 6.07) is 0. The van der Waals surface area contributed by atoms with Gasteiger partial charge < -0.3 is 10.2 Å². The van der Waals surface area contributed by atoms with Gasteiger partial charge in [-0.3, -0.25) is 0 Å². The predicted octanol–water partition coefficient (Wildman–Crippen LogP) is -0.0695. The summed E-state index contributed by atoms with van der Waals surface area (Å²) in [5, 5.41) is 17.3. The van der Waals surface area contributed by atoms with Crippen LogP contribution in [0, 0.1) is 0 Å². The van der Waals surface area contributed by atoms with Gasteiger partial charge in [0.1, 0.15) is 12.4 Å². The third-order valence-electron chi connectivity index (χ3n) is 2.15. The van der Waals surface area contributed by atoms with Crippen molar-refractivity contribution in [3.8, 4) is 0 Å². The van der Waals surface area contributed by atoms with E-state index in [4.69, 9.17) is 10.2 Å². The van der Waals surface area contributed by atoms with E-state index in [0.29, 0.717) is 0 Å². The maximum absolute atomic E-state index is 8.66. The van der Waals surface area contributed by atoms with Crippen LogP contribution in [-0.2, 0) is 13.1 Å². The summed E-state index contributed by atoms with van der Waals surface area (Å²) in [5.41, 5.74) is 0. The highest BCUT2D eigenvalue weighted by Crippen LogP contribution is 1.93. The lowest BCUT2D eigenvalue weighted by molar-refractivity contribution is -0.697. The SMILES string of the molecule is OCCCCn1cc[n+](CCCO)c1. The molecule has 0 atom stereocenters. The lowest BCUT2D eigenvalue weighted by Crippen LogP contribution is -2.31. The molecule has 1 aromatic rings. The van der Waals surface area contributed by atoms with Gasteiger partial charge in [0.25, 0.3) is 0 Å². The van der Waals surface area contributed by atoms with E-state index in [-0.39, 0.29) is 13.2 Å². The number of nitrogens with zero attached hydrogens (tertiary/aromatic N) is 2. The predicted molar refractivity (Wildman–Crippen MR) is 52.6 cm³/mol. The first-order valence-corrected chi connectivity index (χ1v) is 5.13.